The second-order valence-corrected chi connectivity index (χ2v) is 11.5. The number of benzene rings is 4. The molecule has 0 aliphatic carbocycles. The van der Waals surface area contributed by atoms with Gasteiger partial charge in [-0.1, -0.05) is 60.7 Å². The molecule has 7 nitrogen and oxygen atoms in total. The first-order chi connectivity index (χ1) is 19.1. The zero-order valence-corrected chi connectivity index (χ0v) is 24.2. The molecule has 0 saturated heterocycles. The minimum Gasteiger partial charge on any atom is -0.493 e. The maximum Gasteiger partial charge on any atom is 0.264 e. The average Bonchev–Trinajstić information content (AvgIpc) is 2.94. The molecular weight excluding hydrogens is 524 g/mol. The second kappa shape index (κ2) is 12.3. The molecule has 0 saturated carbocycles. The third-order valence-corrected chi connectivity index (χ3v) is 8.43. The third-order valence-electron chi connectivity index (χ3n) is 6.66. The highest BCUT2D eigenvalue weighted by Gasteiger charge is 2.30. The van der Waals surface area contributed by atoms with Crippen LogP contribution in [0.2, 0.25) is 0 Å². The highest BCUT2D eigenvalue weighted by atomic mass is 32.2. The van der Waals surface area contributed by atoms with Gasteiger partial charge in [0.1, 0.15) is 6.54 Å². The van der Waals surface area contributed by atoms with E-state index in [0.717, 1.165) is 32.1 Å². The summed E-state index contributed by atoms with van der Waals surface area (Å²) in [5.41, 5.74) is 5.00. The van der Waals surface area contributed by atoms with Crippen LogP contribution in [0.4, 0.5) is 5.69 Å². The van der Waals surface area contributed by atoms with E-state index >= 15 is 0 Å². The summed E-state index contributed by atoms with van der Waals surface area (Å²) in [5.74, 6) is 0.235. The van der Waals surface area contributed by atoms with E-state index in [4.69, 9.17) is 9.47 Å². The van der Waals surface area contributed by atoms with Gasteiger partial charge in [0.05, 0.1) is 30.8 Å². The molecule has 40 heavy (non-hydrogen) atoms. The van der Waals surface area contributed by atoms with E-state index < -0.39 is 28.5 Å². The van der Waals surface area contributed by atoms with Gasteiger partial charge in [0.2, 0.25) is 5.91 Å². The summed E-state index contributed by atoms with van der Waals surface area (Å²) in [6, 6.07) is 26.9. The average molecular weight is 559 g/mol. The Bertz CT molecular complexity index is 1580. The highest BCUT2D eigenvalue weighted by Crippen LogP contribution is 2.33. The molecule has 0 unspecified atom stereocenters. The summed E-state index contributed by atoms with van der Waals surface area (Å²) >= 11 is 0. The molecule has 4 rings (SSSR count). The van der Waals surface area contributed by atoms with Crippen LogP contribution in [0.3, 0.4) is 0 Å². The zero-order chi connectivity index (χ0) is 28.9. The lowest BCUT2D eigenvalue weighted by Gasteiger charge is -2.27. The van der Waals surface area contributed by atoms with E-state index in [-0.39, 0.29) is 10.6 Å². The fourth-order valence-corrected chi connectivity index (χ4v) is 6.17. The number of carbonyl (C=O) groups excluding carboxylic acids is 1. The van der Waals surface area contributed by atoms with Gasteiger partial charge in [0.25, 0.3) is 10.0 Å². The quantitative estimate of drug-likeness (QED) is 0.269. The smallest absolute Gasteiger partial charge is 0.264 e. The number of anilines is 1. The van der Waals surface area contributed by atoms with E-state index in [9.17, 15) is 13.2 Å². The van der Waals surface area contributed by atoms with Crippen molar-refractivity contribution in [3.63, 3.8) is 0 Å². The van der Waals surface area contributed by atoms with E-state index in [1.807, 2.05) is 81.4 Å². The van der Waals surface area contributed by atoms with Crippen molar-refractivity contribution < 1.29 is 22.7 Å². The Hall–Kier alpha value is -4.30. The molecule has 0 radical (unpaired) electrons. The Labute approximate surface area is 236 Å². The Balaban J connectivity index is 1.75. The molecule has 0 aliphatic rings. The minimum absolute atomic E-state index is 0.0179. The summed E-state index contributed by atoms with van der Waals surface area (Å²) in [4.78, 5) is 13.7. The fraction of sp³-hybridized carbons (Fsp3) is 0.219. The van der Waals surface area contributed by atoms with Crippen LogP contribution in [0.5, 0.6) is 11.5 Å². The Kier molecular flexibility index (Phi) is 8.80. The van der Waals surface area contributed by atoms with E-state index in [0.29, 0.717) is 11.4 Å². The number of methoxy groups -OCH3 is 2. The van der Waals surface area contributed by atoms with Gasteiger partial charge in [-0.25, -0.2) is 8.42 Å². The second-order valence-electron chi connectivity index (χ2n) is 9.64. The number of ether oxygens (including phenoxy) is 2. The van der Waals surface area contributed by atoms with Crippen LogP contribution in [-0.2, 0) is 14.8 Å². The number of hydrogen-bond donors (Lipinski definition) is 1. The molecule has 0 fully saturated rings. The molecule has 1 amide bonds. The number of nitrogens with zero attached hydrogens (tertiary/aromatic N) is 1. The summed E-state index contributed by atoms with van der Waals surface area (Å²) in [5, 5.41) is 3.09. The van der Waals surface area contributed by atoms with Gasteiger partial charge in [-0.2, -0.15) is 0 Å². The van der Waals surface area contributed by atoms with Crippen molar-refractivity contribution in [2.75, 3.05) is 25.1 Å². The van der Waals surface area contributed by atoms with Crippen LogP contribution in [0.25, 0.3) is 0 Å². The van der Waals surface area contributed by atoms with Gasteiger partial charge in [-0.15, -0.1) is 0 Å². The molecule has 208 valence electrons. The maximum atomic E-state index is 14.1. The predicted molar refractivity (Wildman–Crippen MR) is 158 cm³/mol. The fourth-order valence-electron chi connectivity index (χ4n) is 4.75. The number of sulfonamides is 1. The topological polar surface area (TPSA) is 84.9 Å². The third kappa shape index (κ3) is 6.29. The van der Waals surface area contributed by atoms with Gasteiger partial charge < -0.3 is 14.8 Å². The first-order valence-electron chi connectivity index (χ1n) is 12.9. The molecule has 0 aromatic heterocycles. The van der Waals surface area contributed by atoms with E-state index in [1.54, 1.807) is 12.1 Å². The lowest BCUT2D eigenvalue weighted by molar-refractivity contribution is -0.120. The maximum absolute atomic E-state index is 14.1. The Morgan fingerprint density at radius 1 is 0.800 bits per heavy atom. The SMILES string of the molecule is COc1ccc(S(=O)(=O)N(CC(=O)N[C@H](c2ccccc2)c2ccccc2C)c2cc(C)cc(C)c2)cc1OC. The van der Waals surface area contributed by atoms with Crippen LogP contribution in [0.15, 0.2) is 95.9 Å². The van der Waals surface area contributed by atoms with Crippen molar-refractivity contribution in [3.05, 3.63) is 119 Å². The van der Waals surface area contributed by atoms with E-state index in [1.165, 1.54) is 32.4 Å². The lowest BCUT2D eigenvalue weighted by atomic mass is 9.95. The van der Waals surface area contributed by atoms with Gasteiger partial charge in [-0.3, -0.25) is 9.10 Å². The standard InChI is InChI=1S/C32H34N2O5S/c1-22-17-23(2)19-26(18-22)34(40(36,37)27-15-16-29(38-4)30(20-27)39-5)21-31(35)33-32(25-12-7-6-8-13-25)28-14-10-9-11-24(28)3/h6-20,32H,21H2,1-5H3,(H,33,35)/t32-/m1/s1. The molecule has 1 atom stereocenters. The van der Waals surface area contributed by atoms with Crippen molar-refractivity contribution in [3.8, 4) is 11.5 Å². The normalized spacial score (nSPS) is 11.9. The van der Waals surface area contributed by atoms with Crippen molar-refractivity contribution >= 4 is 21.6 Å². The summed E-state index contributed by atoms with van der Waals surface area (Å²) in [7, 11) is -1.25. The number of amides is 1. The van der Waals surface area contributed by atoms with Crippen LogP contribution >= 0.6 is 0 Å². The molecule has 8 heteroatoms. The van der Waals surface area contributed by atoms with Crippen LogP contribution < -0.4 is 19.1 Å². The monoisotopic (exact) mass is 558 g/mol. The van der Waals surface area contributed by atoms with Crippen molar-refractivity contribution in [1.29, 1.82) is 0 Å². The molecule has 4 aromatic rings. The van der Waals surface area contributed by atoms with Gasteiger partial charge in [0.15, 0.2) is 11.5 Å². The van der Waals surface area contributed by atoms with Crippen molar-refractivity contribution in [2.45, 2.75) is 31.7 Å². The van der Waals surface area contributed by atoms with Crippen molar-refractivity contribution in [2.24, 2.45) is 0 Å². The molecule has 0 spiro atoms. The molecule has 1 N–H and O–H groups in total. The van der Waals surface area contributed by atoms with E-state index in [2.05, 4.69) is 5.32 Å². The first-order valence-corrected chi connectivity index (χ1v) is 14.3. The zero-order valence-electron chi connectivity index (χ0n) is 23.3. The Morgan fingerprint density at radius 2 is 1.43 bits per heavy atom. The highest BCUT2D eigenvalue weighted by molar-refractivity contribution is 7.92. The largest absolute Gasteiger partial charge is 0.493 e. The van der Waals surface area contributed by atoms with Crippen LogP contribution in [0, 0.1) is 20.8 Å². The molecule has 0 bridgehead atoms. The van der Waals surface area contributed by atoms with Gasteiger partial charge >= 0.3 is 0 Å². The van der Waals surface area contributed by atoms with Gasteiger partial charge in [-0.05, 0) is 72.9 Å². The Morgan fingerprint density at radius 3 is 2.05 bits per heavy atom. The lowest BCUT2D eigenvalue weighted by Crippen LogP contribution is -2.42. The molecule has 0 aliphatic heterocycles. The summed E-state index contributed by atoms with van der Waals surface area (Å²) < 4.78 is 40.0. The number of hydrogen-bond acceptors (Lipinski definition) is 5. The minimum atomic E-state index is -4.18. The van der Waals surface area contributed by atoms with Crippen LogP contribution in [-0.4, -0.2) is 35.1 Å². The first kappa shape index (κ1) is 28.7. The number of rotatable bonds is 10. The number of carbonyl (C=O) groups is 1. The summed E-state index contributed by atoms with van der Waals surface area (Å²) in [6.07, 6.45) is 0. The molecular formula is C32H34N2O5S. The summed E-state index contributed by atoms with van der Waals surface area (Å²) in [6.45, 7) is 5.35. The molecule has 0 heterocycles. The van der Waals surface area contributed by atoms with Crippen LogP contribution in [0.1, 0.15) is 33.9 Å². The number of nitrogens with one attached hydrogen (secondary N) is 1. The van der Waals surface area contributed by atoms with Crippen molar-refractivity contribution in [1.82, 2.24) is 5.32 Å². The molecule has 4 aromatic carbocycles. The van der Waals surface area contributed by atoms with Gasteiger partial charge in [0, 0.05) is 6.07 Å². The number of aryl methyl sites for hydroxylation is 3. The predicted octanol–water partition coefficient (Wildman–Crippen LogP) is 5.73.